The molecule has 0 aliphatic carbocycles. The summed E-state index contributed by atoms with van der Waals surface area (Å²) in [5, 5.41) is 0.703. The van der Waals surface area contributed by atoms with Crippen molar-refractivity contribution >= 4 is 22.4 Å². The van der Waals surface area contributed by atoms with Crippen molar-refractivity contribution in [2.45, 2.75) is 10.6 Å². The Morgan fingerprint density at radius 2 is 1.56 bits per heavy atom. The van der Waals surface area contributed by atoms with Crippen LogP contribution in [-0.4, -0.2) is 4.21 Å². The molecule has 0 saturated carbocycles. The summed E-state index contributed by atoms with van der Waals surface area (Å²) in [5.74, 6) is 0.529. The van der Waals surface area contributed by atoms with Crippen LogP contribution >= 0.6 is 11.6 Å². The van der Waals surface area contributed by atoms with Crippen molar-refractivity contribution in [3.63, 3.8) is 0 Å². The van der Waals surface area contributed by atoms with E-state index < -0.39 is 10.8 Å². The van der Waals surface area contributed by atoms with Gasteiger partial charge in [0.15, 0.2) is 0 Å². The number of benzene rings is 2. The highest BCUT2D eigenvalue weighted by molar-refractivity contribution is 7.84. The second-order valence-corrected chi connectivity index (χ2v) is 5.32. The topological polar surface area (TPSA) is 17.1 Å². The van der Waals surface area contributed by atoms with E-state index in [-0.39, 0.29) is 0 Å². The van der Waals surface area contributed by atoms with Crippen LogP contribution in [0.4, 0.5) is 0 Å². The SMILES string of the molecule is O=[S@](Cc1ccc(Cl)cc1)c1ccccc1. The molecular formula is C13H11ClOS. The van der Waals surface area contributed by atoms with Gasteiger partial charge >= 0.3 is 0 Å². The molecule has 0 radical (unpaired) electrons. The molecule has 0 bridgehead atoms. The number of halogens is 1. The zero-order valence-electron chi connectivity index (χ0n) is 8.60. The van der Waals surface area contributed by atoms with Gasteiger partial charge in [0.25, 0.3) is 0 Å². The molecule has 0 saturated heterocycles. The summed E-state index contributed by atoms with van der Waals surface area (Å²) >= 11 is 5.79. The summed E-state index contributed by atoms with van der Waals surface area (Å²) in [7, 11) is -0.984. The van der Waals surface area contributed by atoms with Crippen molar-refractivity contribution in [3.05, 3.63) is 65.2 Å². The lowest BCUT2D eigenvalue weighted by atomic mass is 10.2. The van der Waals surface area contributed by atoms with E-state index in [4.69, 9.17) is 11.6 Å². The average molecular weight is 251 g/mol. The zero-order chi connectivity index (χ0) is 11.4. The van der Waals surface area contributed by atoms with Crippen LogP contribution in [0.3, 0.4) is 0 Å². The van der Waals surface area contributed by atoms with E-state index in [1.807, 2.05) is 54.6 Å². The highest BCUT2D eigenvalue weighted by Crippen LogP contribution is 2.14. The van der Waals surface area contributed by atoms with Crippen LogP contribution in [0.25, 0.3) is 0 Å². The summed E-state index contributed by atoms with van der Waals surface area (Å²) in [6.07, 6.45) is 0. The molecule has 1 nitrogen and oxygen atoms in total. The fourth-order valence-electron chi connectivity index (χ4n) is 1.39. The molecule has 0 aromatic heterocycles. The smallest absolute Gasteiger partial charge is 0.0574 e. The maximum absolute atomic E-state index is 12.0. The third-order valence-corrected chi connectivity index (χ3v) is 3.86. The molecule has 0 amide bonds. The molecule has 0 spiro atoms. The molecule has 2 aromatic rings. The van der Waals surface area contributed by atoms with Crippen LogP contribution in [0.1, 0.15) is 5.56 Å². The lowest BCUT2D eigenvalue weighted by Crippen LogP contribution is -1.95. The second kappa shape index (κ2) is 5.28. The molecule has 3 heteroatoms. The standard InChI is InChI=1S/C13H11ClOS/c14-12-8-6-11(7-9-12)10-16(15)13-4-2-1-3-5-13/h1-9H,10H2/t16-/m1/s1. The normalized spacial score (nSPS) is 12.3. The van der Waals surface area contributed by atoms with Gasteiger partial charge in [0.05, 0.1) is 16.6 Å². The third-order valence-electron chi connectivity index (χ3n) is 2.22. The van der Waals surface area contributed by atoms with Crippen LogP contribution in [0.15, 0.2) is 59.5 Å². The molecule has 0 aliphatic heterocycles. The number of rotatable bonds is 3. The maximum Gasteiger partial charge on any atom is 0.0574 e. The predicted molar refractivity (Wildman–Crippen MR) is 68.0 cm³/mol. The van der Waals surface area contributed by atoms with Crippen molar-refractivity contribution in [2.24, 2.45) is 0 Å². The third kappa shape index (κ3) is 2.94. The maximum atomic E-state index is 12.0. The molecule has 0 N–H and O–H groups in total. The van der Waals surface area contributed by atoms with Crippen molar-refractivity contribution in [1.29, 1.82) is 0 Å². The van der Waals surface area contributed by atoms with Crippen LogP contribution in [0.2, 0.25) is 5.02 Å². The fraction of sp³-hybridized carbons (Fsp3) is 0.0769. The largest absolute Gasteiger partial charge is 0.254 e. The highest BCUT2D eigenvalue weighted by atomic mass is 35.5. The van der Waals surface area contributed by atoms with E-state index in [0.29, 0.717) is 10.8 Å². The number of hydrogen-bond acceptors (Lipinski definition) is 1. The van der Waals surface area contributed by atoms with Crippen LogP contribution in [0.5, 0.6) is 0 Å². The number of hydrogen-bond donors (Lipinski definition) is 0. The van der Waals surface area contributed by atoms with Crippen molar-refractivity contribution in [3.8, 4) is 0 Å². The van der Waals surface area contributed by atoms with Crippen molar-refractivity contribution in [2.75, 3.05) is 0 Å². The molecule has 0 aliphatic rings. The molecule has 0 heterocycles. The van der Waals surface area contributed by atoms with E-state index in [9.17, 15) is 4.21 Å². The minimum atomic E-state index is -0.984. The van der Waals surface area contributed by atoms with Crippen molar-refractivity contribution in [1.82, 2.24) is 0 Å². The van der Waals surface area contributed by atoms with Gasteiger partial charge in [-0.05, 0) is 29.8 Å². The van der Waals surface area contributed by atoms with E-state index in [1.54, 1.807) is 0 Å². The first-order chi connectivity index (χ1) is 7.75. The van der Waals surface area contributed by atoms with Crippen molar-refractivity contribution < 1.29 is 4.21 Å². The van der Waals surface area contributed by atoms with E-state index in [1.165, 1.54) is 0 Å². The molecule has 0 fully saturated rings. The Kier molecular flexibility index (Phi) is 3.75. The van der Waals surface area contributed by atoms with Gasteiger partial charge < -0.3 is 0 Å². The second-order valence-electron chi connectivity index (χ2n) is 3.43. The summed E-state index contributed by atoms with van der Waals surface area (Å²) in [6, 6.07) is 16.9. The lowest BCUT2D eigenvalue weighted by molar-refractivity contribution is 0.682. The molecule has 2 rings (SSSR count). The van der Waals surface area contributed by atoms with Gasteiger partial charge in [-0.25, -0.2) is 0 Å². The molecular weight excluding hydrogens is 240 g/mol. The van der Waals surface area contributed by atoms with Gasteiger partial charge in [-0.1, -0.05) is 41.9 Å². The summed E-state index contributed by atoms with van der Waals surface area (Å²) in [6.45, 7) is 0. The quantitative estimate of drug-likeness (QED) is 0.813. The minimum Gasteiger partial charge on any atom is -0.254 e. The van der Waals surface area contributed by atoms with Gasteiger partial charge in [-0.2, -0.15) is 0 Å². The average Bonchev–Trinajstić information content (AvgIpc) is 2.33. The van der Waals surface area contributed by atoms with Crippen LogP contribution in [0, 0.1) is 0 Å². The molecule has 0 unspecified atom stereocenters. The Labute approximate surface area is 103 Å². The summed E-state index contributed by atoms with van der Waals surface area (Å²) < 4.78 is 12.0. The Morgan fingerprint density at radius 3 is 2.19 bits per heavy atom. The van der Waals surface area contributed by atoms with Crippen LogP contribution < -0.4 is 0 Å². The van der Waals surface area contributed by atoms with E-state index in [2.05, 4.69) is 0 Å². The predicted octanol–water partition coefficient (Wildman–Crippen LogP) is 3.65. The zero-order valence-corrected chi connectivity index (χ0v) is 10.2. The molecule has 2 aromatic carbocycles. The van der Waals surface area contributed by atoms with Gasteiger partial charge in [0.1, 0.15) is 0 Å². The van der Waals surface area contributed by atoms with E-state index in [0.717, 1.165) is 10.5 Å². The van der Waals surface area contributed by atoms with Crippen LogP contribution in [-0.2, 0) is 16.6 Å². The Hall–Kier alpha value is -1.12. The van der Waals surface area contributed by atoms with Gasteiger partial charge in [0.2, 0.25) is 0 Å². The molecule has 1 atom stereocenters. The first-order valence-corrected chi connectivity index (χ1v) is 6.63. The lowest BCUT2D eigenvalue weighted by Gasteiger charge is -2.02. The Balaban J connectivity index is 2.11. The summed E-state index contributed by atoms with van der Waals surface area (Å²) in [5.41, 5.74) is 1.03. The monoisotopic (exact) mass is 250 g/mol. The van der Waals surface area contributed by atoms with E-state index >= 15 is 0 Å². The minimum absolute atomic E-state index is 0.529. The van der Waals surface area contributed by atoms with Gasteiger partial charge in [-0.3, -0.25) is 4.21 Å². The Bertz CT molecular complexity index is 479. The van der Waals surface area contributed by atoms with Gasteiger partial charge in [0, 0.05) is 9.92 Å². The first kappa shape index (κ1) is 11.4. The first-order valence-electron chi connectivity index (χ1n) is 4.93. The molecule has 82 valence electrons. The highest BCUT2D eigenvalue weighted by Gasteiger charge is 2.03. The molecule has 16 heavy (non-hydrogen) atoms. The van der Waals surface area contributed by atoms with Gasteiger partial charge in [-0.15, -0.1) is 0 Å². The fourth-order valence-corrected chi connectivity index (χ4v) is 2.64. The summed E-state index contributed by atoms with van der Waals surface area (Å²) in [4.78, 5) is 0.859. The Morgan fingerprint density at radius 1 is 0.938 bits per heavy atom.